The summed E-state index contributed by atoms with van der Waals surface area (Å²) in [4.78, 5) is 14.9. The van der Waals surface area contributed by atoms with Crippen LogP contribution in [0.3, 0.4) is 0 Å². The molecular weight excluding hydrogens is 703 g/mol. The molecule has 1 aliphatic carbocycles. The molecule has 0 atom stereocenters. The van der Waals surface area contributed by atoms with E-state index in [9.17, 15) is 0 Å². The van der Waals surface area contributed by atoms with E-state index in [1.807, 2.05) is 91.0 Å². The molecule has 0 N–H and O–H groups in total. The van der Waals surface area contributed by atoms with Gasteiger partial charge in [-0.25, -0.2) is 15.0 Å². The van der Waals surface area contributed by atoms with E-state index < -0.39 is 0 Å². The van der Waals surface area contributed by atoms with Crippen molar-refractivity contribution < 1.29 is 13.3 Å². The third-order valence-electron chi connectivity index (χ3n) is 11.2. The molecule has 7 aromatic carbocycles. The van der Waals surface area contributed by atoms with Crippen LogP contribution < -0.4 is 10.6 Å². The van der Waals surface area contributed by atoms with E-state index in [-0.39, 0.29) is 0 Å². The van der Waals surface area contributed by atoms with Crippen LogP contribution in [-0.2, 0) is 0 Å². The van der Waals surface area contributed by atoms with Crippen LogP contribution in [0.5, 0.6) is 0 Å². The van der Waals surface area contributed by atoms with Crippen LogP contribution >= 0.6 is 0 Å². The fourth-order valence-corrected chi connectivity index (χ4v) is 8.53. The van der Waals surface area contributed by atoms with Crippen LogP contribution in [0.15, 0.2) is 171 Å². The second-order valence-corrected chi connectivity index (χ2v) is 14.6. The maximum absolute atomic E-state index is 6.83. The molecule has 4 heterocycles. The normalized spacial score (nSPS) is 12.9. The van der Waals surface area contributed by atoms with Crippen molar-refractivity contribution in [3.63, 3.8) is 0 Å². The van der Waals surface area contributed by atoms with Crippen molar-refractivity contribution in [2.24, 2.45) is 0 Å². The number of benzene rings is 7. The second-order valence-electron chi connectivity index (χ2n) is 14.6. The summed E-state index contributed by atoms with van der Waals surface area (Å²) in [6, 6.07) is 53.8. The highest BCUT2D eigenvalue weighted by Crippen LogP contribution is 2.42. The number of fused-ring (bicyclic) bond motifs is 9. The van der Waals surface area contributed by atoms with E-state index in [4.69, 9.17) is 28.2 Å². The van der Waals surface area contributed by atoms with Crippen LogP contribution in [-0.4, -0.2) is 15.0 Å². The molecule has 0 saturated carbocycles. The summed E-state index contributed by atoms with van der Waals surface area (Å²) in [5.74, 6) is 1.76. The minimum Gasteiger partial charge on any atom is -0.456 e. The molecule has 11 aromatic rings. The minimum absolute atomic E-state index is 0.552. The number of hydrogen-bond donors (Lipinski definition) is 0. The van der Waals surface area contributed by atoms with Gasteiger partial charge in [-0.3, -0.25) is 0 Å². The smallest absolute Gasteiger partial charge is 0.167 e. The summed E-state index contributed by atoms with van der Waals surface area (Å²) in [6.45, 7) is 0. The second kappa shape index (κ2) is 12.5. The molecule has 6 nitrogen and oxygen atoms in total. The first-order valence-electron chi connectivity index (χ1n) is 19.2. The fourth-order valence-electron chi connectivity index (χ4n) is 8.53. The number of nitrogens with zero attached hydrogens (tertiary/aromatic N) is 3. The van der Waals surface area contributed by atoms with Crippen molar-refractivity contribution in [3.8, 4) is 45.3 Å². The highest BCUT2D eigenvalue weighted by molar-refractivity contribution is 6.13. The number of hydrogen-bond acceptors (Lipinski definition) is 6. The largest absolute Gasteiger partial charge is 0.456 e. The first-order chi connectivity index (χ1) is 28.2. The van der Waals surface area contributed by atoms with Crippen molar-refractivity contribution in [1.82, 2.24) is 15.0 Å². The maximum atomic E-state index is 6.83. The average molecular weight is 734 g/mol. The topological polar surface area (TPSA) is 78.1 Å². The van der Waals surface area contributed by atoms with Crippen LogP contribution in [0.2, 0.25) is 0 Å². The molecular formula is C51H31N3O3. The highest BCUT2D eigenvalue weighted by Gasteiger charge is 2.22. The Balaban J connectivity index is 1.06. The Labute approximate surface area is 325 Å². The third kappa shape index (κ3) is 5.07. The van der Waals surface area contributed by atoms with Crippen LogP contribution in [0.25, 0.3) is 112 Å². The molecule has 0 aliphatic heterocycles. The molecule has 1 aliphatic rings. The summed E-state index contributed by atoms with van der Waals surface area (Å²) in [5.41, 5.74) is 12.0. The van der Waals surface area contributed by atoms with E-state index in [1.54, 1.807) is 0 Å². The molecule has 268 valence electrons. The van der Waals surface area contributed by atoms with E-state index in [0.717, 1.165) is 106 Å². The molecule has 0 amide bonds. The van der Waals surface area contributed by atoms with Gasteiger partial charge in [0, 0.05) is 54.4 Å². The maximum Gasteiger partial charge on any atom is 0.167 e. The molecule has 0 radical (unpaired) electrons. The van der Waals surface area contributed by atoms with E-state index in [1.165, 1.54) is 10.8 Å². The molecule has 6 heteroatoms. The van der Waals surface area contributed by atoms with E-state index in [2.05, 4.69) is 72.8 Å². The first-order valence-corrected chi connectivity index (χ1v) is 19.2. The third-order valence-corrected chi connectivity index (χ3v) is 11.2. The van der Waals surface area contributed by atoms with Gasteiger partial charge in [-0.15, -0.1) is 0 Å². The lowest BCUT2D eigenvalue weighted by Gasteiger charge is -2.12. The SMILES string of the molecule is C1=c2c(oc3ccccc23)=C(c2cc(-c3ccc4c(c3)oc3c(-c5nc(-c6ccccc6)nc(-c6ccccc6)n5)cccc34)c3oc4ccccc4c3c2)CC1. The van der Waals surface area contributed by atoms with Crippen molar-refractivity contribution in [2.45, 2.75) is 12.8 Å². The predicted molar refractivity (Wildman–Crippen MR) is 228 cm³/mol. The molecule has 0 fully saturated rings. The Morgan fingerprint density at radius 3 is 1.77 bits per heavy atom. The van der Waals surface area contributed by atoms with Gasteiger partial charge in [0.05, 0.1) is 5.56 Å². The Bertz CT molecular complexity index is 3470. The van der Waals surface area contributed by atoms with Crippen LogP contribution in [0, 0.1) is 0 Å². The van der Waals surface area contributed by atoms with Gasteiger partial charge < -0.3 is 13.3 Å². The quantitative estimate of drug-likeness (QED) is 0.175. The van der Waals surface area contributed by atoms with Crippen molar-refractivity contribution >= 4 is 66.5 Å². The van der Waals surface area contributed by atoms with Gasteiger partial charge in [0.1, 0.15) is 33.3 Å². The fraction of sp³-hybridized carbons (Fsp3) is 0.0392. The minimum atomic E-state index is 0.552. The molecule has 0 spiro atoms. The number of aromatic nitrogens is 3. The zero-order chi connectivity index (χ0) is 37.5. The zero-order valence-corrected chi connectivity index (χ0v) is 30.6. The van der Waals surface area contributed by atoms with Crippen molar-refractivity contribution in [1.29, 1.82) is 0 Å². The lowest BCUT2D eigenvalue weighted by molar-refractivity contribution is 0.568. The summed E-state index contributed by atoms with van der Waals surface area (Å²) >= 11 is 0. The van der Waals surface area contributed by atoms with E-state index >= 15 is 0 Å². The van der Waals surface area contributed by atoms with E-state index in [0.29, 0.717) is 17.5 Å². The molecule has 0 bridgehead atoms. The van der Waals surface area contributed by atoms with Crippen LogP contribution in [0.4, 0.5) is 0 Å². The molecule has 12 rings (SSSR count). The molecule has 57 heavy (non-hydrogen) atoms. The Morgan fingerprint density at radius 1 is 0.386 bits per heavy atom. The summed E-state index contributed by atoms with van der Waals surface area (Å²) < 4.78 is 20.1. The average Bonchev–Trinajstić information content (AvgIpc) is 3.97. The highest BCUT2D eigenvalue weighted by atomic mass is 16.3. The summed E-state index contributed by atoms with van der Waals surface area (Å²) in [5, 5.41) is 6.49. The van der Waals surface area contributed by atoms with Gasteiger partial charge in [0.2, 0.25) is 0 Å². The number of para-hydroxylation sites is 3. The lowest BCUT2D eigenvalue weighted by atomic mass is 9.91. The van der Waals surface area contributed by atoms with Gasteiger partial charge in [0.25, 0.3) is 0 Å². The first kappa shape index (κ1) is 31.7. The van der Waals surface area contributed by atoms with Crippen LogP contribution in [0.1, 0.15) is 18.4 Å². The summed E-state index contributed by atoms with van der Waals surface area (Å²) in [6.07, 6.45) is 4.14. The number of furan rings is 3. The Hall–Kier alpha value is -7.57. The van der Waals surface area contributed by atoms with Gasteiger partial charge in [-0.2, -0.15) is 0 Å². The molecule has 0 saturated heterocycles. The lowest BCUT2D eigenvalue weighted by Crippen LogP contribution is -2.26. The van der Waals surface area contributed by atoms with Gasteiger partial charge in [0.15, 0.2) is 17.5 Å². The van der Waals surface area contributed by atoms with Crippen molar-refractivity contribution in [3.05, 3.63) is 174 Å². The Kier molecular flexibility index (Phi) is 6.95. The molecule has 4 aromatic heterocycles. The van der Waals surface area contributed by atoms with Gasteiger partial charge in [-0.1, -0.05) is 121 Å². The predicted octanol–water partition coefficient (Wildman–Crippen LogP) is 11.9. The van der Waals surface area contributed by atoms with Gasteiger partial charge in [-0.05, 0) is 66.4 Å². The number of rotatable bonds is 5. The Morgan fingerprint density at radius 2 is 1.00 bits per heavy atom. The standard InChI is InChI=1S/C51H31N3O3/c1-3-13-30(14-4-1)49-52-50(31-15-5-2-6-16-31)54-51(53-49)40-22-12-21-39-37-26-25-32(29-45(37)57-47(39)40)41-27-33(28-42-36-18-8-10-24-44(36)56-48(41)42)34-19-11-20-38-35-17-7-9-23-43(35)55-46(34)38/h1-10,12-18,20-29H,11,19H2. The van der Waals surface area contributed by atoms with Gasteiger partial charge >= 0.3 is 0 Å². The molecule has 0 unspecified atom stereocenters. The zero-order valence-electron chi connectivity index (χ0n) is 30.6. The van der Waals surface area contributed by atoms with Crippen molar-refractivity contribution in [2.75, 3.05) is 0 Å². The monoisotopic (exact) mass is 733 g/mol. The summed E-state index contributed by atoms with van der Waals surface area (Å²) in [7, 11) is 0.